The van der Waals surface area contributed by atoms with Crippen LogP contribution in [0.1, 0.15) is 47.7 Å². The molecule has 30 heavy (non-hydrogen) atoms. The van der Waals surface area contributed by atoms with Crippen molar-refractivity contribution >= 4 is 29.0 Å². The second kappa shape index (κ2) is 10.1. The van der Waals surface area contributed by atoms with Crippen molar-refractivity contribution in [3.8, 4) is 5.75 Å². The van der Waals surface area contributed by atoms with Crippen LogP contribution in [0.3, 0.4) is 0 Å². The maximum atomic E-state index is 12.9. The first-order valence-corrected chi connectivity index (χ1v) is 10.3. The molecule has 0 fully saturated rings. The Kier molecular flexibility index (Phi) is 7.26. The lowest BCUT2D eigenvalue weighted by Gasteiger charge is -2.13. The zero-order valence-electron chi connectivity index (χ0n) is 17.0. The van der Waals surface area contributed by atoms with Gasteiger partial charge in [0.2, 0.25) is 0 Å². The number of ether oxygens (including phenoxy) is 1. The van der Waals surface area contributed by atoms with Crippen molar-refractivity contribution < 1.29 is 14.3 Å². The summed E-state index contributed by atoms with van der Waals surface area (Å²) in [6.07, 6.45) is 1.06. The van der Waals surface area contributed by atoms with Crippen molar-refractivity contribution in [3.63, 3.8) is 0 Å². The molecule has 0 aliphatic rings. The number of amides is 1. The smallest absolute Gasteiger partial charge is 0.262 e. The molecule has 0 heterocycles. The summed E-state index contributed by atoms with van der Waals surface area (Å²) in [4.78, 5) is 25.3. The number of nitrogens with one attached hydrogen (secondary N) is 1. The second-order valence-electron chi connectivity index (χ2n) is 7.10. The van der Waals surface area contributed by atoms with Crippen LogP contribution in [0.25, 0.3) is 0 Å². The van der Waals surface area contributed by atoms with E-state index in [9.17, 15) is 9.59 Å². The minimum Gasteiger partial charge on any atom is -0.484 e. The number of carbonyl (C=O) groups is 2. The molecule has 0 bridgehead atoms. The van der Waals surface area contributed by atoms with Crippen molar-refractivity contribution in [2.75, 3.05) is 11.9 Å². The molecule has 3 rings (SSSR count). The number of hydrogen-bond donors (Lipinski definition) is 1. The van der Waals surface area contributed by atoms with Crippen LogP contribution in [-0.2, 0) is 4.79 Å². The van der Waals surface area contributed by atoms with E-state index < -0.39 is 0 Å². The summed E-state index contributed by atoms with van der Waals surface area (Å²) >= 11 is 6.08. The summed E-state index contributed by atoms with van der Waals surface area (Å²) in [6, 6.07) is 21.4. The lowest BCUT2D eigenvalue weighted by atomic mass is 9.99. The average molecular weight is 422 g/mol. The third-order valence-corrected chi connectivity index (χ3v) is 5.20. The number of anilines is 1. The highest BCUT2D eigenvalue weighted by atomic mass is 35.5. The molecule has 0 unspecified atom stereocenters. The van der Waals surface area contributed by atoms with E-state index in [1.54, 1.807) is 42.5 Å². The molecule has 0 saturated heterocycles. The van der Waals surface area contributed by atoms with Crippen LogP contribution in [0.2, 0.25) is 5.02 Å². The predicted molar refractivity (Wildman–Crippen MR) is 121 cm³/mol. The lowest BCUT2D eigenvalue weighted by molar-refractivity contribution is -0.118. The molecule has 0 aliphatic heterocycles. The Balaban J connectivity index is 1.67. The topological polar surface area (TPSA) is 55.4 Å². The fourth-order valence-electron chi connectivity index (χ4n) is 3.02. The van der Waals surface area contributed by atoms with E-state index >= 15 is 0 Å². The van der Waals surface area contributed by atoms with Gasteiger partial charge in [-0.3, -0.25) is 9.59 Å². The zero-order chi connectivity index (χ0) is 21.5. The summed E-state index contributed by atoms with van der Waals surface area (Å²) in [5.74, 6) is 0.530. The number of carbonyl (C=O) groups excluding carboxylic acids is 2. The highest BCUT2D eigenvalue weighted by molar-refractivity contribution is 6.31. The highest BCUT2D eigenvalue weighted by Crippen LogP contribution is 2.24. The standard InChI is InChI=1S/C25H24ClNO3/c1-3-17(2)18-9-12-21(13-10-18)30-16-24(28)27-23-14-11-20(26)15-22(23)25(29)19-7-5-4-6-8-19/h4-15,17H,3,16H2,1-2H3,(H,27,28)/t17-/m0/s1. The molecule has 0 saturated carbocycles. The molecule has 1 atom stereocenters. The first-order chi connectivity index (χ1) is 14.5. The van der Waals surface area contributed by atoms with E-state index in [4.69, 9.17) is 16.3 Å². The van der Waals surface area contributed by atoms with E-state index in [1.165, 1.54) is 5.56 Å². The van der Waals surface area contributed by atoms with Gasteiger partial charge in [-0.25, -0.2) is 0 Å². The van der Waals surface area contributed by atoms with E-state index in [0.717, 1.165) is 6.42 Å². The number of ketones is 1. The fraction of sp³-hybridized carbons (Fsp3) is 0.200. The van der Waals surface area contributed by atoms with Crippen molar-refractivity contribution in [2.45, 2.75) is 26.2 Å². The van der Waals surface area contributed by atoms with Gasteiger partial charge in [0.25, 0.3) is 5.91 Å². The van der Waals surface area contributed by atoms with Gasteiger partial charge in [-0.1, -0.05) is 67.9 Å². The number of benzene rings is 3. The maximum absolute atomic E-state index is 12.9. The summed E-state index contributed by atoms with van der Waals surface area (Å²) in [5.41, 5.74) is 2.49. The van der Waals surface area contributed by atoms with Crippen LogP contribution in [0.5, 0.6) is 5.75 Å². The fourth-order valence-corrected chi connectivity index (χ4v) is 3.19. The summed E-state index contributed by atoms with van der Waals surface area (Å²) in [6.45, 7) is 4.15. The van der Waals surface area contributed by atoms with Crippen molar-refractivity contribution in [1.29, 1.82) is 0 Å². The van der Waals surface area contributed by atoms with Gasteiger partial charge in [0.1, 0.15) is 5.75 Å². The minimum absolute atomic E-state index is 0.162. The van der Waals surface area contributed by atoms with Crippen molar-refractivity contribution in [2.24, 2.45) is 0 Å². The zero-order valence-corrected chi connectivity index (χ0v) is 17.8. The Bertz CT molecular complexity index is 1020. The Morgan fingerprint density at radius 3 is 2.37 bits per heavy atom. The molecule has 154 valence electrons. The third-order valence-electron chi connectivity index (χ3n) is 4.97. The summed E-state index contributed by atoms with van der Waals surface area (Å²) in [5, 5.41) is 3.18. The highest BCUT2D eigenvalue weighted by Gasteiger charge is 2.16. The molecule has 0 aromatic heterocycles. The normalized spacial score (nSPS) is 11.6. The van der Waals surface area contributed by atoms with Gasteiger partial charge in [0, 0.05) is 16.1 Å². The molecule has 0 radical (unpaired) electrons. The maximum Gasteiger partial charge on any atom is 0.262 e. The van der Waals surface area contributed by atoms with Gasteiger partial charge in [-0.15, -0.1) is 0 Å². The lowest BCUT2D eigenvalue weighted by Crippen LogP contribution is -2.21. The summed E-state index contributed by atoms with van der Waals surface area (Å²) < 4.78 is 5.59. The molecule has 4 nitrogen and oxygen atoms in total. The number of rotatable bonds is 8. The molecular weight excluding hydrogens is 398 g/mol. The molecule has 0 spiro atoms. The van der Waals surface area contributed by atoms with E-state index in [0.29, 0.717) is 33.5 Å². The van der Waals surface area contributed by atoms with E-state index in [2.05, 4.69) is 19.2 Å². The van der Waals surface area contributed by atoms with Gasteiger partial charge < -0.3 is 10.1 Å². The Morgan fingerprint density at radius 2 is 1.70 bits per heavy atom. The van der Waals surface area contributed by atoms with Crippen molar-refractivity contribution in [1.82, 2.24) is 0 Å². The van der Waals surface area contributed by atoms with Gasteiger partial charge in [0.05, 0.1) is 5.69 Å². The first kappa shape index (κ1) is 21.6. The minimum atomic E-state index is -0.356. The summed E-state index contributed by atoms with van der Waals surface area (Å²) in [7, 11) is 0. The molecule has 1 N–H and O–H groups in total. The van der Waals surface area contributed by atoms with Gasteiger partial charge in [-0.2, -0.15) is 0 Å². The predicted octanol–water partition coefficient (Wildman–Crippen LogP) is 6.10. The third kappa shape index (κ3) is 5.49. The molecule has 5 heteroatoms. The van der Waals surface area contributed by atoms with Crippen LogP contribution < -0.4 is 10.1 Å². The first-order valence-electron chi connectivity index (χ1n) is 9.90. The SMILES string of the molecule is CC[C@H](C)c1ccc(OCC(=O)Nc2ccc(Cl)cc2C(=O)c2ccccc2)cc1. The Labute approximate surface area is 181 Å². The van der Waals surface area contributed by atoms with Gasteiger partial charge in [-0.05, 0) is 48.2 Å². The van der Waals surface area contributed by atoms with Crippen LogP contribution in [0, 0.1) is 0 Å². The van der Waals surface area contributed by atoms with Crippen LogP contribution in [-0.4, -0.2) is 18.3 Å². The van der Waals surface area contributed by atoms with Gasteiger partial charge >= 0.3 is 0 Å². The number of hydrogen-bond acceptors (Lipinski definition) is 3. The molecule has 0 aliphatic carbocycles. The van der Waals surface area contributed by atoms with E-state index in [-0.39, 0.29) is 18.3 Å². The van der Waals surface area contributed by atoms with Gasteiger partial charge in [0.15, 0.2) is 12.4 Å². The van der Waals surface area contributed by atoms with E-state index in [1.807, 2.05) is 30.3 Å². The molecular formula is C25H24ClNO3. The van der Waals surface area contributed by atoms with Crippen LogP contribution in [0.15, 0.2) is 72.8 Å². The quantitative estimate of drug-likeness (QED) is 0.447. The van der Waals surface area contributed by atoms with Crippen LogP contribution >= 0.6 is 11.6 Å². The molecule has 3 aromatic rings. The monoisotopic (exact) mass is 421 g/mol. The van der Waals surface area contributed by atoms with Crippen molar-refractivity contribution in [3.05, 3.63) is 94.5 Å². The average Bonchev–Trinajstić information content (AvgIpc) is 2.78. The molecule has 3 aromatic carbocycles. The van der Waals surface area contributed by atoms with Crippen LogP contribution in [0.4, 0.5) is 5.69 Å². The second-order valence-corrected chi connectivity index (χ2v) is 7.54. The largest absolute Gasteiger partial charge is 0.484 e. The number of halogens is 1. The molecule has 1 amide bonds. The Morgan fingerprint density at radius 1 is 1.00 bits per heavy atom. The Hall–Kier alpha value is -3.11.